The van der Waals surface area contributed by atoms with E-state index in [1.165, 1.54) is 12.3 Å². The minimum absolute atomic E-state index is 0.304. The quantitative estimate of drug-likeness (QED) is 0.667. The molecule has 25 heavy (non-hydrogen) atoms. The van der Waals surface area contributed by atoms with Gasteiger partial charge in [-0.05, 0) is 29.8 Å². The van der Waals surface area contributed by atoms with E-state index < -0.39 is 0 Å². The molecule has 1 amide bonds. The monoisotopic (exact) mass is 372 g/mol. The van der Waals surface area contributed by atoms with E-state index in [4.69, 9.17) is 27.9 Å². The van der Waals surface area contributed by atoms with Gasteiger partial charge in [0.2, 0.25) is 5.88 Å². The minimum atomic E-state index is -0.354. The van der Waals surface area contributed by atoms with Crippen molar-refractivity contribution in [3.8, 4) is 5.88 Å². The maximum absolute atomic E-state index is 12.3. The molecule has 0 unspecified atom stereocenters. The summed E-state index contributed by atoms with van der Waals surface area (Å²) in [6.07, 6.45) is 1.52. The molecule has 2 aromatic carbocycles. The van der Waals surface area contributed by atoms with Gasteiger partial charge in [0.15, 0.2) is 0 Å². The van der Waals surface area contributed by atoms with Gasteiger partial charge < -0.3 is 10.1 Å². The number of ether oxygens (including phenoxy) is 1. The molecule has 0 saturated heterocycles. The highest BCUT2D eigenvalue weighted by Gasteiger charge is 2.11. The first-order chi connectivity index (χ1) is 12.1. The third-order valence-corrected chi connectivity index (χ3v) is 3.96. The molecule has 0 aliphatic carbocycles. The molecular formula is C19H14Cl2N2O2. The van der Waals surface area contributed by atoms with Crippen molar-refractivity contribution in [1.82, 2.24) is 4.98 Å². The van der Waals surface area contributed by atoms with Crippen LogP contribution in [0.1, 0.15) is 15.9 Å². The summed E-state index contributed by atoms with van der Waals surface area (Å²) in [6.45, 7) is 0.428. The van der Waals surface area contributed by atoms with Crippen molar-refractivity contribution in [2.45, 2.75) is 6.61 Å². The van der Waals surface area contributed by atoms with Gasteiger partial charge in [-0.2, -0.15) is 0 Å². The number of carbonyl (C=O) groups is 1. The van der Waals surface area contributed by atoms with Crippen molar-refractivity contribution in [3.63, 3.8) is 0 Å². The second-order valence-corrected chi connectivity index (χ2v) is 6.08. The fourth-order valence-electron chi connectivity index (χ4n) is 2.14. The molecule has 6 heteroatoms. The second-order valence-electron chi connectivity index (χ2n) is 5.24. The van der Waals surface area contributed by atoms with Gasteiger partial charge in [0.25, 0.3) is 5.91 Å². The van der Waals surface area contributed by atoms with Gasteiger partial charge in [0.05, 0.1) is 22.5 Å². The smallest absolute Gasteiger partial charge is 0.257 e. The normalized spacial score (nSPS) is 10.3. The van der Waals surface area contributed by atoms with Crippen LogP contribution in [0.2, 0.25) is 10.0 Å². The van der Waals surface area contributed by atoms with Gasteiger partial charge in [-0.3, -0.25) is 4.79 Å². The molecule has 0 radical (unpaired) electrons. The molecule has 0 aliphatic heterocycles. The van der Waals surface area contributed by atoms with Gasteiger partial charge in [-0.25, -0.2) is 4.98 Å². The van der Waals surface area contributed by atoms with Crippen molar-refractivity contribution in [2.75, 3.05) is 5.32 Å². The van der Waals surface area contributed by atoms with Gasteiger partial charge in [0.1, 0.15) is 6.61 Å². The molecule has 0 spiro atoms. The minimum Gasteiger partial charge on any atom is -0.473 e. The lowest BCUT2D eigenvalue weighted by molar-refractivity contribution is 0.102. The summed E-state index contributed by atoms with van der Waals surface area (Å²) in [7, 11) is 0. The van der Waals surface area contributed by atoms with Crippen LogP contribution in [0.3, 0.4) is 0 Å². The lowest BCUT2D eigenvalue weighted by atomic mass is 10.2. The Kier molecular flexibility index (Phi) is 5.53. The van der Waals surface area contributed by atoms with E-state index in [-0.39, 0.29) is 5.91 Å². The van der Waals surface area contributed by atoms with Crippen LogP contribution in [-0.4, -0.2) is 10.9 Å². The fourth-order valence-corrected chi connectivity index (χ4v) is 2.52. The maximum Gasteiger partial charge on any atom is 0.257 e. The third-order valence-electron chi connectivity index (χ3n) is 3.40. The number of halogens is 2. The fraction of sp³-hybridized carbons (Fsp3) is 0.0526. The number of aromatic nitrogens is 1. The van der Waals surface area contributed by atoms with Crippen LogP contribution in [0.25, 0.3) is 0 Å². The number of nitrogens with zero attached hydrogens (tertiary/aromatic N) is 1. The topological polar surface area (TPSA) is 51.2 Å². The number of benzene rings is 2. The van der Waals surface area contributed by atoms with Gasteiger partial charge in [0, 0.05) is 11.1 Å². The van der Waals surface area contributed by atoms with Crippen LogP contribution in [-0.2, 0) is 6.61 Å². The van der Waals surface area contributed by atoms with Crippen LogP contribution in [0.4, 0.5) is 5.69 Å². The number of nitrogens with one attached hydrogen (secondary N) is 1. The van der Waals surface area contributed by atoms with E-state index in [1.807, 2.05) is 30.3 Å². The molecule has 1 heterocycles. The zero-order valence-corrected chi connectivity index (χ0v) is 14.6. The SMILES string of the molecule is O=C(Nc1ccc(OCc2ccccc2)nc1)c1cc(Cl)ccc1Cl. The van der Waals surface area contributed by atoms with Gasteiger partial charge in [-0.15, -0.1) is 0 Å². The van der Waals surface area contributed by atoms with E-state index in [0.29, 0.717) is 33.8 Å². The average molecular weight is 373 g/mol. The predicted octanol–water partition coefficient (Wildman–Crippen LogP) is 5.22. The molecular weight excluding hydrogens is 359 g/mol. The largest absolute Gasteiger partial charge is 0.473 e. The Morgan fingerprint density at radius 3 is 2.56 bits per heavy atom. The van der Waals surface area contributed by atoms with E-state index in [9.17, 15) is 4.79 Å². The number of amides is 1. The number of hydrogen-bond acceptors (Lipinski definition) is 3. The molecule has 0 atom stereocenters. The van der Waals surface area contributed by atoms with Gasteiger partial charge >= 0.3 is 0 Å². The molecule has 4 nitrogen and oxygen atoms in total. The number of rotatable bonds is 5. The van der Waals surface area contributed by atoms with Crippen molar-refractivity contribution in [2.24, 2.45) is 0 Å². The Balaban J connectivity index is 1.62. The molecule has 1 N–H and O–H groups in total. The lowest BCUT2D eigenvalue weighted by Gasteiger charge is -2.08. The summed E-state index contributed by atoms with van der Waals surface area (Å²) >= 11 is 11.9. The number of carbonyl (C=O) groups excluding carboxylic acids is 1. The molecule has 0 saturated carbocycles. The number of anilines is 1. The predicted molar refractivity (Wildman–Crippen MR) is 99.4 cm³/mol. The summed E-state index contributed by atoms with van der Waals surface area (Å²) in [5.74, 6) is 0.120. The Hall–Kier alpha value is -2.56. The van der Waals surface area contributed by atoms with Crippen molar-refractivity contribution >= 4 is 34.8 Å². The molecule has 0 bridgehead atoms. The number of pyridine rings is 1. The van der Waals surface area contributed by atoms with Gasteiger partial charge in [-0.1, -0.05) is 53.5 Å². The summed E-state index contributed by atoms with van der Waals surface area (Å²) in [4.78, 5) is 16.5. The van der Waals surface area contributed by atoms with Crippen LogP contribution >= 0.6 is 23.2 Å². The van der Waals surface area contributed by atoms with Crippen LogP contribution in [0, 0.1) is 0 Å². The lowest BCUT2D eigenvalue weighted by Crippen LogP contribution is -2.12. The molecule has 3 rings (SSSR count). The standard InChI is InChI=1S/C19H14Cl2N2O2/c20-14-6-8-17(21)16(10-14)19(24)23-15-7-9-18(22-11-15)25-12-13-4-2-1-3-5-13/h1-11H,12H2,(H,23,24). The zero-order chi connectivity index (χ0) is 17.6. The Labute approximate surface area is 155 Å². The Morgan fingerprint density at radius 2 is 1.84 bits per heavy atom. The molecule has 1 aromatic heterocycles. The van der Waals surface area contributed by atoms with Crippen molar-refractivity contribution in [3.05, 3.63) is 88.0 Å². The zero-order valence-electron chi connectivity index (χ0n) is 13.1. The Bertz CT molecular complexity index is 868. The highest BCUT2D eigenvalue weighted by Crippen LogP contribution is 2.22. The van der Waals surface area contributed by atoms with E-state index in [0.717, 1.165) is 5.56 Å². The van der Waals surface area contributed by atoms with Crippen molar-refractivity contribution < 1.29 is 9.53 Å². The van der Waals surface area contributed by atoms with Crippen LogP contribution in [0.5, 0.6) is 5.88 Å². The first-order valence-electron chi connectivity index (χ1n) is 7.51. The highest BCUT2D eigenvalue weighted by atomic mass is 35.5. The van der Waals surface area contributed by atoms with E-state index in [1.54, 1.807) is 24.3 Å². The second kappa shape index (κ2) is 8.01. The Morgan fingerprint density at radius 1 is 1.04 bits per heavy atom. The summed E-state index contributed by atoms with van der Waals surface area (Å²) in [5, 5.41) is 3.50. The third kappa shape index (κ3) is 4.72. The summed E-state index contributed by atoms with van der Waals surface area (Å²) < 4.78 is 5.61. The van der Waals surface area contributed by atoms with E-state index >= 15 is 0 Å². The first-order valence-corrected chi connectivity index (χ1v) is 8.26. The average Bonchev–Trinajstić information content (AvgIpc) is 2.64. The molecule has 3 aromatic rings. The van der Waals surface area contributed by atoms with E-state index in [2.05, 4.69) is 10.3 Å². The molecule has 126 valence electrons. The van der Waals surface area contributed by atoms with Crippen molar-refractivity contribution in [1.29, 1.82) is 0 Å². The number of hydrogen-bond donors (Lipinski definition) is 1. The first kappa shape index (κ1) is 17.3. The highest BCUT2D eigenvalue weighted by molar-refractivity contribution is 6.36. The van der Waals surface area contributed by atoms with Crippen LogP contribution < -0.4 is 10.1 Å². The molecule has 0 fully saturated rings. The summed E-state index contributed by atoms with van der Waals surface area (Å²) in [5.41, 5.74) is 1.89. The maximum atomic E-state index is 12.3. The van der Waals surface area contributed by atoms with Crippen LogP contribution in [0.15, 0.2) is 66.9 Å². The molecule has 0 aliphatic rings. The summed E-state index contributed by atoms with van der Waals surface area (Å²) in [6, 6.07) is 17.9.